The van der Waals surface area contributed by atoms with E-state index in [1.54, 1.807) is 10.9 Å². The summed E-state index contributed by atoms with van der Waals surface area (Å²) in [7, 11) is 0. The van der Waals surface area contributed by atoms with Gasteiger partial charge in [0, 0.05) is 18.0 Å². The number of aryl methyl sites for hydroxylation is 1. The molecule has 4 heteroatoms. The van der Waals surface area contributed by atoms with Crippen molar-refractivity contribution in [3.63, 3.8) is 0 Å². The Morgan fingerprint density at radius 1 is 1.25 bits per heavy atom. The van der Waals surface area contributed by atoms with Crippen LogP contribution in [-0.4, -0.2) is 22.4 Å². The molecule has 1 saturated carbocycles. The van der Waals surface area contributed by atoms with Crippen molar-refractivity contribution >= 4 is 10.8 Å². The minimum absolute atomic E-state index is 0.0176. The van der Waals surface area contributed by atoms with E-state index in [-0.39, 0.29) is 5.56 Å². The van der Waals surface area contributed by atoms with Gasteiger partial charge in [-0.2, -0.15) is 5.10 Å². The van der Waals surface area contributed by atoms with Crippen molar-refractivity contribution in [3.8, 4) is 0 Å². The molecule has 1 aliphatic carbocycles. The van der Waals surface area contributed by atoms with Crippen LogP contribution in [0.1, 0.15) is 32.1 Å². The van der Waals surface area contributed by atoms with Crippen LogP contribution in [0.25, 0.3) is 10.8 Å². The second kappa shape index (κ2) is 6.18. The van der Waals surface area contributed by atoms with Gasteiger partial charge in [-0.25, -0.2) is 4.68 Å². The number of aromatic nitrogens is 2. The topological polar surface area (TPSA) is 46.9 Å². The van der Waals surface area contributed by atoms with Gasteiger partial charge in [0.2, 0.25) is 0 Å². The molecular weight excluding hydrogens is 250 g/mol. The van der Waals surface area contributed by atoms with Crippen molar-refractivity contribution in [2.75, 3.05) is 6.54 Å². The first kappa shape index (κ1) is 13.3. The summed E-state index contributed by atoms with van der Waals surface area (Å²) in [6, 6.07) is 8.31. The van der Waals surface area contributed by atoms with Crippen molar-refractivity contribution < 1.29 is 0 Å². The Bertz CT molecular complexity index is 629. The lowest BCUT2D eigenvalue weighted by Crippen LogP contribution is -2.29. The minimum atomic E-state index is 0.0176. The first-order valence-corrected chi connectivity index (χ1v) is 7.53. The number of benzene rings is 1. The molecule has 0 bridgehead atoms. The highest BCUT2D eigenvalue weighted by Gasteiger charge is 2.13. The van der Waals surface area contributed by atoms with E-state index < -0.39 is 0 Å². The molecule has 4 nitrogen and oxygen atoms in total. The summed E-state index contributed by atoms with van der Waals surface area (Å²) in [6.07, 6.45) is 8.03. The number of hydrogen-bond donors (Lipinski definition) is 1. The quantitative estimate of drug-likeness (QED) is 0.849. The van der Waals surface area contributed by atoms with Crippen LogP contribution in [0, 0.1) is 0 Å². The van der Waals surface area contributed by atoms with Gasteiger partial charge in [-0.3, -0.25) is 4.79 Å². The highest BCUT2D eigenvalue weighted by atomic mass is 16.1. The molecule has 1 aromatic heterocycles. The monoisotopic (exact) mass is 271 g/mol. The first-order chi connectivity index (χ1) is 9.84. The van der Waals surface area contributed by atoms with Crippen LogP contribution >= 0.6 is 0 Å². The predicted octanol–water partition coefficient (Wildman–Crippen LogP) is 2.32. The molecule has 106 valence electrons. The third-order valence-electron chi connectivity index (χ3n) is 4.10. The average molecular weight is 271 g/mol. The fraction of sp³-hybridized carbons (Fsp3) is 0.500. The van der Waals surface area contributed by atoms with Gasteiger partial charge >= 0.3 is 0 Å². The lowest BCUT2D eigenvalue weighted by molar-refractivity contribution is 0.476. The third-order valence-corrected chi connectivity index (χ3v) is 4.10. The highest BCUT2D eigenvalue weighted by molar-refractivity contribution is 5.80. The van der Waals surface area contributed by atoms with Crippen LogP contribution in [0.15, 0.2) is 35.3 Å². The normalized spacial score (nSPS) is 16.0. The van der Waals surface area contributed by atoms with Crippen LogP contribution < -0.4 is 10.9 Å². The van der Waals surface area contributed by atoms with Crippen LogP contribution in [0.4, 0.5) is 0 Å². The SMILES string of the molecule is O=c1c2ccccc2cnn1CCCNC1CCCC1. The van der Waals surface area contributed by atoms with Gasteiger partial charge in [0.15, 0.2) is 0 Å². The average Bonchev–Trinajstić information content (AvgIpc) is 2.99. The Hall–Kier alpha value is -1.68. The van der Waals surface area contributed by atoms with Crippen molar-refractivity contribution in [1.29, 1.82) is 0 Å². The van der Waals surface area contributed by atoms with Crippen molar-refractivity contribution in [2.45, 2.75) is 44.7 Å². The highest BCUT2D eigenvalue weighted by Crippen LogP contribution is 2.17. The van der Waals surface area contributed by atoms with Gasteiger partial charge in [-0.15, -0.1) is 0 Å². The molecule has 1 N–H and O–H groups in total. The molecular formula is C16H21N3O. The fourth-order valence-electron chi connectivity index (χ4n) is 2.95. The zero-order valence-corrected chi connectivity index (χ0v) is 11.7. The number of rotatable bonds is 5. The molecule has 1 aromatic carbocycles. The van der Waals surface area contributed by atoms with E-state index in [0.717, 1.165) is 23.7 Å². The summed E-state index contributed by atoms with van der Waals surface area (Å²) in [6.45, 7) is 1.65. The summed E-state index contributed by atoms with van der Waals surface area (Å²) >= 11 is 0. The van der Waals surface area contributed by atoms with E-state index in [2.05, 4.69) is 10.4 Å². The molecule has 0 saturated heterocycles. The lowest BCUT2D eigenvalue weighted by Gasteiger charge is -2.11. The van der Waals surface area contributed by atoms with Gasteiger partial charge in [-0.1, -0.05) is 31.0 Å². The van der Waals surface area contributed by atoms with E-state index in [1.807, 2.05) is 24.3 Å². The molecule has 0 unspecified atom stereocenters. The number of fused-ring (bicyclic) bond motifs is 1. The number of nitrogens with zero attached hydrogens (tertiary/aromatic N) is 2. The zero-order valence-electron chi connectivity index (χ0n) is 11.7. The first-order valence-electron chi connectivity index (χ1n) is 7.53. The standard InChI is InChI=1S/C16H21N3O/c20-16-15-9-4-1-6-13(15)12-18-19(16)11-5-10-17-14-7-2-3-8-14/h1,4,6,9,12,14,17H,2-3,5,7-8,10-11H2. The molecule has 0 aliphatic heterocycles. The van der Waals surface area contributed by atoms with Crippen molar-refractivity contribution in [2.24, 2.45) is 0 Å². The minimum Gasteiger partial charge on any atom is -0.314 e. The molecule has 2 aromatic rings. The molecule has 3 rings (SSSR count). The smallest absolute Gasteiger partial charge is 0.274 e. The van der Waals surface area contributed by atoms with Gasteiger partial charge in [0.25, 0.3) is 5.56 Å². The summed E-state index contributed by atoms with van der Waals surface area (Å²) < 4.78 is 1.58. The summed E-state index contributed by atoms with van der Waals surface area (Å²) in [5, 5.41) is 9.49. The molecule has 0 atom stereocenters. The molecule has 0 amide bonds. The zero-order chi connectivity index (χ0) is 13.8. The summed E-state index contributed by atoms with van der Waals surface area (Å²) in [5.41, 5.74) is 0.0176. The fourth-order valence-corrected chi connectivity index (χ4v) is 2.95. The van der Waals surface area contributed by atoms with Gasteiger partial charge in [0.1, 0.15) is 0 Å². The molecule has 1 aliphatic rings. The summed E-state index contributed by atoms with van der Waals surface area (Å²) in [4.78, 5) is 12.3. The lowest BCUT2D eigenvalue weighted by atomic mass is 10.2. The van der Waals surface area contributed by atoms with Crippen LogP contribution in [0.5, 0.6) is 0 Å². The van der Waals surface area contributed by atoms with E-state index in [0.29, 0.717) is 12.6 Å². The van der Waals surface area contributed by atoms with Gasteiger partial charge in [0.05, 0.1) is 11.6 Å². The molecule has 20 heavy (non-hydrogen) atoms. The van der Waals surface area contributed by atoms with Crippen LogP contribution in [0.2, 0.25) is 0 Å². The van der Waals surface area contributed by atoms with Crippen LogP contribution in [-0.2, 0) is 6.54 Å². The predicted molar refractivity (Wildman–Crippen MR) is 80.9 cm³/mol. The Kier molecular flexibility index (Phi) is 4.11. The molecule has 1 fully saturated rings. The maximum Gasteiger partial charge on any atom is 0.274 e. The van der Waals surface area contributed by atoms with Crippen LogP contribution in [0.3, 0.4) is 0 Å². The third kappa shape index (κ3) is 2.90. The van der Waals surface area contributed by atoms with Crippen molar-refractivity contribution in [1.82, 2.24) is 15.1 Å². The summed E-state index contributed by atoms with van der Waals surface area (Å²) in [5.74, 6) is 0. The van der Waals surface area contributed by atoms with E-state index in [4.69, 9.17) is 0 Å². The Morgan fingerprint density at radius 2 is 2.05 bits per heavy atom. The largest absolute Gasteiger partial charge is 0.314 e. The second-order valence-electron chi connectivity index (χ2n) is 5.55. The van der Waals surface area contributed by atoms with Gasteiger partial charge in [-0.05, 0) is 31.9 Å². The van der Waals surface area contributed by atoms with E-state index >= 15 is 0 Å². The maximum absolute atomic E-state index is 12.3. The van der Waals surface area contributed by atoms with Gasteiger partial charge < -0.3 is 5.32 Å². The van der Waals surface area contributed by atoms with E-state index in [1.165, 1.54) is 25.7 Å². The molecule has 0 radical (unpaired) electrons. The van der Waals surface area contributed by atoms with E-state index in [9.17, 15) is 4.79 Å². The number of hydrogen-bond acceptors (Lipinski definition) is 3. The second-order valence-corrected chi connectivity index (χ2v) is 5.55. The Balaban J connectivity index is 1.60. The number of nitrogens with one attached hydrogen (secondary N) is 1. The maximum atomic E-state index is 12.3. The Morgan fingerprint density at radius 3 is 2.90 bits per heavy atom. The van der Waals surface area contributed by atoms with Crippen molar-refractivity contribution in [3.05, 3.63) is 40.8 Å². The Labute approximate surface area is 118 Å². The molecule has 1 heterocycles. The molecule has 0 spiro atoms.